The number of hydrogen-bond donors (Lipinski definition) is 0. The lowest BCUT2D eigenvalue weighted by Crippen LogP contribution is -2.25. The number of methoxy groups -OCH3 is 1. The lowest BCUT2D eigenvalue weighted by atomic mass is 10.0. The molecule has 0 bridgehead atoms. The van der Waals surface area contributed by atoms with E-state index in [0.717, 1.165) is 12.2 Å². The Morgan fingerprint density at radius 3 is 2.24 bits per heavy atom. The summed E-state index contributed by atoms with van der Waals surface area (Å²) in [5, 5.41) is 0. The highest BCUT2D eigenvalue weighted by Gasteiger charge is 2.35. The van der Waals surface area contributed by atoms with Crippen molar-refractivity contribution in [2.24, 2.45) is 0 Å². The smallest absolute Gasteiger partial charge is 0.118 e. The molecule has 0 saturated carbocycles. The van der Waals surface area contributed by atoms with Crippen LogP contribution < -0.4 is 4.74 Å². The molecular weight excluding hydrogens is 296 g/mol. The monoisotopic (exact) mass is 316 g/mol. The second kappa shape index (κ2) is 6.80. The van der Waals surface area contributed by atoms with Gasteiger partial charge in [-0.2, -0.15) is 0 Å². The molecule has 0 spiro atoms. The third-order valence-corrected chi connectivity index (χ3v) is 7.15. The molecule has 3 rings (SSSR count). The summed E-state index contributed by atoms with van der Waals surface area (Å²) in [6, 6.07) is 19.5. The molecule has 110 valence electrons. The average molecular weight is 316 g/mol. The van der Waals surface area contributed by atoms with Gasteiger partial charge < -0.3 is 4.74 Å². The molecule has 0 N–H and O–H groups in total. The Labute approximate surface area is 135 Å². The van der Waals surface area contributed by atoms with Gasteiger partial charge in [-0.15, -0.1) is 23.5 Å². The van der Waals surface area contributed by atoms with Crippen LogP contribution in [-0.2, 0) is 10.5 Å². The highest BCUT2D eigenvalue weighted by Crippen LogP contribution is 2.52. The molecule has 0 aliphatic carbocycles. The maximum absolute atomic E-state index is 5.26. The molecule has 1 aliphatic rings. The number of thioether (sulfide) groups is 2. The van der Waals surface area contributed by atoms with Crippen LogP contribution >= 0.6 is 23.5 Å². The van der Waals surface area contributed by atoms with E-state index in [0.29, 0.717) is 0 Å². The Hall–Kier alpha value is -1.06. The molecule has 1 nitrogen and oxygen atoms in total. The minimum atomic E-state index is 0.161. The average Bonchev–Trinajstić information content (AvgIpc) is 2.57. The van der Waals surface area contributed by atoms with Crippen molar-refractivity contribution in [3.05, 3.63) is 65.7 Å². The van der Waals surface area contributed by atoms with Crippen LogP contribution in [-0.4, -0.2) is 18.6 Å². The van der Waals surface area contributed by atoms with Crippen molar-refractivity contribution in [3.63, 3.8) is 0 Å². The Morgan fingerprint density at radius 1 is 0.952 bits per heavy atom. The molecule has 0 unspecified atom stereocenters. The highest BCUT2D eigenvalue weighted by molar-refractivity contribution is 8.18. The van der Waals surface area contributed by atoms with E-state index in [1.807, 2.05) is 0 Å². The van der Waals surface area contributed by atoms with Crippen molar-refractivity contribution in [3.8, 4) is 5.75 Å². The second-order valence-corrected chi connectivity index (χ2v) is 8.24. The molecule has 2 aromatic rings. The van der Waals surface area contributed by atoms with Crippen molar-refractivity contribution >= 4 is 23.5 Å². The predicted octanol–water partition coefficient (Wildman–Crippen LogP) is 4.96. The van der Waals surface area contributed by atoms with Crippen LogP contribution in [0, 0.1) is 0 Å². The number of hydrogen-bond acceptors (Lipinski definition) is 3. The van der Waals surface area contributed by atoms with Crippen molar-refractivity contribution in [1.29, 1.82) is 0 Å². The normalized spacial score (nSPS) is 17.4. The summed E-state index contributed by atoms with van der Waals surface area (Å²) in [5.74, 6) is 3.42. The van der Waals surface area contributed by atoms with Crippen molar-refractivity contribution < 1.29 is 4.74 Å². The van der Waals surface area contributed by atoms with Gasteiger partial charge in [-0.05, 0) is 41.2 Å². The maximum Gasteiger partial charge on any atom is 0.118 e. The standard InChI is InChI=1S/C18H20OS2/c1-19-17-10-8-15(9-11-17)14-18(20-12-5-13-21-18)16-6-3-2-4-7-16/h2-4,6-11H,5,12-14H2,1H3. The first-order valence-electron chi connectivity index (χ1n) is 7.29. The van der Waals surface area contributed by atoms with E-state index in [1.165, 1.54) is 29.1 Å². The van der Waals surface area contributed by atoms with Crippen molar-refractivity contribution in [2.75, 3.05) is 18.6 Å². The summed E-state index contributed by atoms with van der Waals surface area (Å²) in [4.78, 5) is 0. The first-order valence-corrected chi connectivity index (χ1v) is 9.26. The Morgan fingerprint density at radius 2 is 1.62 bits per heavy atom. The molecule has 1 heterocycles. The van der Waals surface area contributed by atoms with Crippen LogP contribution in [0.25, 0.3) is 0 Å². The van der Waals surface area contributed by atoms with Gasteiger partial charge in [0, 0.05) is 6.42 Å². The second-order valence-electron chi connectivity index (χ2n) is 5.19. The predicted molar refractivity (Wildman–Crippen MR) is 94.4 cm³/mol. The van der Waals surface area contributed by atoms with E-state index in [2.05, 4.69) is 78.1 Å². The third-order valence-electron chi connectivity index (χ3n) is 3.77. The van der Waals surface area contributed by atoms with Crippen LogP contribution in [0.1, 0.15) is 17.5 Å². The zero-order chi connectivity index (χ0) is 14.5. The SMILES string of the molecule is COc1ccc(CC2(c3ccccc3)SCCCS2)cc1. The number of rotatable bonds is 4. The Bertz CT molecular complexity index is 560. The van der Waals surface area contributed by atoms with Crippen molar-refractivity contribution in [1.82, 2.24) is 0 Å². The largest absolute Gasteiger partial charge is 0.497 e. The molecule has 0 atom stereocenters. The van der Waals surface area contributed by atoms with E-state index in [1.54, 1.807) is 7.11 Å². The first-order chi connectivity index (χ1) is 10.3. The van der Waals surface area contributed by atoms with Gasteiger partial charge in [0.05, 0.1) is 11.2 Å². The Balaban J connectivity index is 1.88. The first kappa shape index (κ1) is 14.9. The summed E-state index contributed by atoms with van der Waals surface area (Å²) < 4.78 is 5.42. The van der Waals surface area contributed by atoms with Gasteiger partial charge >= 0.3 is 0 Å². The zero-order valence-electron chi connectivity index (χ0n) is 12.2. The summed E-state index contributed by atoms with van der Waals surface area (Å²) in [6.07, 6.45) is 2.38. The summed E-state index contributed by atoms with van der Waals surface area (Å²) >= 11 is 4.20. The van der Waals surface area contributed by atoms with Gasteiger partial charge in [0.15, 0.2) is 0 Å². The fraction of sp³-hybridized carbons (Fsp3) is 0.333. The molecule has 1 aliphatic heterocycles. The Kier molecular flexibility index (Phi) is 4.81. The number of benzene rings is 2. The molecule has 0 amide bonds. The fourth-order valence-corrected chi connectivity index (χ4v) is 6.05. The van der Waals surface area contributed by atoms with Gasteiger partial charge in [0.1, 0.15) is 5.75 Å². The van der Waals surface area contributed by atoms with Gasteiger partial charge in [0.2, 0.25) is 0 Å². The summed E-state index contributed by atoms with van der Waals surface area (Å²) in [5.41, 5.74) is 2.82. The molecule has 1 saturated heterocycles. The maximum atomic E-state index is 5.26. The topological polar surface area (TPSA) is 9.23 Å². The summed E-state index contributed by atoms with van der Waals surface area (Å²) in [6.45, 7) is 0. The van der Waals surface area contributed by atoms with Gasteiger partial charge in [-0.1, -0.05) is 42.5 Å². The molecule has 1 fully saturated rings. The molecular formula is C18H20OS2. The molecule has 3 heteroatoms. The van der Waals surface area contributed by atoms with E-state index in [4.69, 9.17) is 4.74 Å². The van der Waals surface area contributed by atoms with Crippen LogP contribution in [0.2, 0.25) is 0 Å². The van der Waals surface area contributed by atoms with E-state index in [9.17, 15) is 0 Å². The van der Waals surface area contributed by atoms with E-state index in [-0.39, 0.29) is 4.08 Å². The molecule has 0 aromatic heterocycles. The van der Waals surface area contributed by atoms with Crippen LogP contribution in [0.15, 0.2) is 54.6 Å². The lowest BCUT2D eigenvalue weighted by Gasteiger charge is -2.37. The lowest BCUT2D eigenvalue weighted by molar-refractivity contribution is 0.414. The van der Waals surface area contributed by atoms with Gasteiger partial charge in [-0.3, -0.25) is 0 Å². The van der Waals surface area contributed by atoms with Gasteiger partial charge in [-0.25, -0.2) is 0 Å². The van der Waals surface area contributed by atoms with Crippen molar-refractivity contribution in [2.45, 2.75) is 16.9 Å². The molecule has 0 radical (unpaired) electrons. The third kappa shape index (κ3) is 3.41. The summed E-state index contributed by atoms with van der Waals surface area (Å²) in [7, 11) is 1.72. The van der Waals surface area contributed by atoms with Crippen LogP contribution in [0.3, 0.4) is 0 Å². The van der Waals surface area contributed by atoms with E-state index >= 15 is 0 Å². The quantitative estimate of drug-likeness (QED) is 0.789. The van der Waals surface area contributed by atoms with Crippen LogP contribution in [0.4, 0.5) is 0 Å². The van der Waals surface area contributed by atoms with Crippen LogP contribution in [0.5, 0.6) is 5.75 Å². The molecule has 2 aromatic carbocycles. The molecule has 21 heavy (non-hydrogen) atoms. The van der Waals surface area contributed by atoms with E-state index < -0.39 is 0 Å². The van der Waals surface area contributed by atoms with Gasteiger partial charge in [0.25, 0.3) is 0 Å². The minimum absolute atomic E-state index is 0.161. The minimum Gasteiger partial charge on any atom is -0.497 e. The highest BCUT2D eigenvalue weighted by atomic mass is 32.2. The number of ether oxygens (including phenoxy) is 1. The zero-order valence-corrected chi connectivity index (χ0v) is 13.9. The fourth-order valence-electron chi connectivity index (χ4n) is 2.65.